The number of carbonyl (C=O) groups is 2. The van der Waals surface area contributed by atoms with E-state index in [4.69, 9.17) is 14.5 Å². The molecule has 2 bridgehead atoms. The Bertz CT molecular complexity index is 1650. The molecule has 258 valence electrons. The molecule has 10 unspecified atom stereocenters. The number of ketones is 1. The Kier molecular flexibility index (Phi) is 8.90. The van der Waals surface area contributed by atoms with Crippen LogP contribution >= 0.6 is 9.24 Å². The molecule has 11 heteroatoms. The Labute approximate surface area is 283 Å². The van der Waals surface area contributed by atoms with Gasteiger partial charge in [0.25, 0.3) is 0 Å². The van der Waals surface area contributed by atoms with Gasteiger partial charge in [0.15, 0.2) is 11.9 Å². The van der Waals surface area contributed by atoms with Crippen molar-refractivity contribution in [2.24, 2.45) is 27.7 Å². The molecule has 4 aliphatic rings. The molecule has 1 aliphatic heterocycles. The largest absolute Gasteiger partial charge is 0.456 e. The maximum Gasteiger partial charge on any atom is 0.338 e. The molecule has 0 radical (unpaired) electrons. The molecule has 48 heavy (non-hydrogen) atoms. The second kappa shape index (κ2) is 12.2. The third kappa shape index (κ3) is 5.06. The van der Waals surface area contributed by atoms with E-state index in [1.165, 1.54) is 0 Å². The summed E-state index contributed by atoms with van der Waals surface area (Å²) < 4.78 is 11.6. The highest BCUT2D eigenvalue weighted by atomic mass is 31.0. The first-order chi connectivity index (χ1) is 22.5. The van der Waals surface area contributed by atoms with E-state index in [-0.39, 0.29) is 25.0 Å². The first-order valence-corrected chi connectivity index (χ1v) is 17.1. The summed E-state index contributed by atoms with van der Waals surface area (Å²) in [5.74, 6) is -3.48. The molecule has 1 saturated heterocycles. The van der Waals surface area contributed by atoms with Crippen LogP contribution in [0.15, 0.2) is 76.8 Å². The minimum atomic E-state index is -1.76. The van der Waals surface area contributed by atoms with Crippen LogP contribution in [0.3, 0.4) is 0 Å². The van der Waals surface area contributed by atoms with Crippen molar-refractivity contribution >= 4 is 26.4 Å². The zero-order valence-corrected chi connectivity index (χ0v) is 29.1. The van der Waals surface area contributed by atoms with Crippen molar-refractivity contribution in [1.82, 2.24) is 0 Å². The molecule has 12 atom stereocenters. The van der Waals surface area contributed by atoms with Crippen molar-refractivity contribution in [1.29, 1.82) is 0 Å². The van der Waals surface area contributed by atoms with Crippen molar-refractivity contribution < 1.29 is 44.6 Å². The molecule has 6 rings (SSSR count). The summed E-state index contributed by atoms with van der Waals surface area (Å²) in [6.45, 7) is 8.32. The Morgan fingerprint density at radius 2 is 1.65 bits per heavy atom. The number of rotatable bonds is 6. The number of aliphatic imine (C=N–C) groups is 1. The summed E-state index contributed by atoms with van der Waals surface area (Å²) in [7, 11) is 2.55. The van der Waals surface area contributed by atoms with E-state index >= 15 is 0 Å². The third-order valence-corrected chi connectivity index (χ3v) is 12.6. The van der Waals surface area contributed by atoms with Crippen molar-refractivity contribution in [3.8, 4) is 0 Å². The number of hydrogen-bond donors (Lipinski definition) is 5. The first kappa shape index (κ1) is 35.0. The average molecular weight is 680 g/mol. The molecule has 2 aromatic carbocycles. The second-order valence-corrected chi connectivity index (χ2v) is 15.4. The zero-order valence-electron chi connectivity index (χ0n) is 27.9. The van der Waals surface area contributed by atoms with Crippen LogP contribution < -0.4 is 0 Å². The molecule has 1 heterocycles. The molecular formula is C37H46NO9P. The van der Waals surface area contributed by atoms with Crippen LogP contribution in [0.1, 0.15) is 64.6 Å². The number of carbonyl (C=O) groups excluding carboxylic acids is 2. The number of aliphatic hydroxyl groups excluding tert-OH is 3. The molecule has 0 aromatic heterocycles. The lowest BCUT2D eigenvalue weighted by Gasteiger charge is -2.67. The zero-order chi connectivity index (χ0) is 35.0. The highest BCUT2D eigenvalue weighted by Crippen LogP contribution is 2.64. The molecule has 10 nitrogen and oxygen atoms in total. The van der Waals surface area contributed by atoms with Gasteiger partial charge in [-0.2, -0.15) is 0 Å². The minimum Gasteiger partial charge on any atom is -0.456 e. The highest BCUT2D eigenvalue weighted by Gasteiger charge is 2.74. The summed E-state index contributed by atoms with van der Waals surface area (Å²) in [6, 6.07) is 17.2. The van der Waals surface area contributed by atoms with Gasteiger partial charge in [-0.1, -0.05) is 90.7 Å². The number of esters is 1. The van der Waals surface area contributed by atoms with Gasteiger partial charge in [-0.25, -0.2) is 4.79 Å². The molecule has 5 N–H and O–H groups in total. The molecule has 0 amide bonds. The summed E-state index contributed by atoms with van der Waals surface area (Å²) in [5.41, 5.74) is -3.62. The molecule has 2 aromatic rings. The SMILES string of the molecule is CC1=C2C(O)C(=O)[C@]3(C)C(O)CC4OC[C@@]4(O)C3C(C)C(O)(CC1OC(=O)C(O)C(N=C(P)c1ccccc1)c1ccccc1)C2(C)C. The van der Waals surface area contributed by atoms with Gasteiger partial charge >= 0.3 is 5.97 Å². The van der Waals surface area contributed by atoms with Crippen LogP contribution in [0, 0.1) is 22.7 Å². The summed E-state index contributed by atoms with van der Waals surface area (Å²) >= 11 is 0. The predicted octanol–water partition coefficient (Wildman–Crippen LogP) is 2.90. The fourth-order valence-corrected chi connectivity index (χ4v) is 9.62. The number of aliphatic hydroxyl groups is 5. The number of benzene rings is 2. The van der Waals surface area contributed by atoms with Gasteiger partial charge in [0, 0.05) is 24.2 Å². The van der Waals surface area contributed by atoms with Crippen molar-refractivity contribution in [3.05, 3.63) is 82.9 Å². The van der Waals surface area contributed by atoms with Crippen LogP contribution in [0.4, 0.5) is 0 Å². The van der Waals surface area contributed by atoms with Crippen LogP contribution in [-0.2, 0) is 19.1 Å². The smallest absolute Gasteiger partial charge is 0.338 e. The van der Waals surface area contributed by atoms with Crippen LogP contribution in [-0.4, -0.2) is 91.1 Å². The minimum absolute atomic E-state index is 0.0139. The molecule has 3 aliphatic carbocycles. The van der Waals surface area contributed by atoms with E-state index < -0.39 is 82.2 Å². The van der Waals surface area contributed by atoms with E-state index in [1.54, 1.807) is 58.9 Å². The Morgan fingerprint density at radius 3 is 2.23 bits per heavy atom. The van der Waals surface area contributed by atoms with E-state index in [0.29, 0.717) is 16.6 Å². The van der Waals surface area contributed by atoms with Gasteiger partial charge in [0.2, 0.25) is 0 Å². The molecular weight excluding hydrogens is 633 g/mol. The normalized spacial score (nSPS) is 38.8. The maximum absolute atomic E-state index is 14.3. The number of nitrogens with zero attached hydrogens (tertiary/aromatic N) is 1. The number of fused-ring (bicyclic) bond motifs is 5. The topological polar surface area (TPSA) is 166 Å². The molecule has 2 saturated carbocycles. The number of Topliss-reactive ketones (excluding diaryl/α,β-unsaturated/α-hetero) is 1. The van der Waals surface area contributed by atoms with Crippen LogP contribution in [0.5, 0.6) is 0 Å². The molecule has 0 spiro atoms. The lowest BCUT2D eigenvalue weighted by Crippen LogP contribution is -2.78. The van der Waals surface area contributed by atoms with Crippen molar-refractivity contribution in [3.63, 3.8) is 0 Å². The predicted molar refractivity (Wildman–Crippen MR) is 181 cm³/mol. The standard InChI is InChI=1S/C37H46NO9P/c1-19-23(47-33(43)29(41)27(21-12-8-6-9-13-21)38-32(48)22-14-10-7-11-15-22)17-37(45)20(2)30-35(5,24(39)16-25-36(30,44)18-46-25)31(42)28(40)26(19)34(37,3)4/h6-15,20,23-25,27-30,39-41,44-45H,16-18,48H2,1-5H3/t20?,23?,24?,25?,27?,28?,29?,30?,35-,36+,37?/m1/s1. The summed E-state index contributed by atoms with van der Waals surface area (Å²) in [4.78, 5) is 32.9. The van der Waals surface area contributed by atoms with Gasteiger partial charge < -0.3 is 35.0 Å². The van der Waals surface area contributed by atoms with Crippen LogP contribution in [0.25, 0.3) is 0 Å². The fraction of sp³-hybridized carbons (Fsp3) is 0.541. The Morgan fingerprint density at radius 1 is 1.04 bits per heavy atom. The van der Waals surface area contributed by atoms with Gasteiger partial charge in [-0.05, 0) is 42.0 Å². The van der Waals surface area contributed by atoms with Crippen molar-refractivity contribution in [2.75, 3.05) is 6.61 Å². The van der Waals surface area contributed by atoms with E-state index in [9.17, 15) is 35.1 Å². The Hall–Kier alpha value is -2.82. The molecule has 3 fully saturated rings. The third-order valence-electron chi connectivity index (χ3n) is 12.1. The van der Waals surface area contributed by atoms with Gasteiger partial charge in [0.05, 0.1) is 35.3 Å². The lowest BCUT2D eigenvalue weighted by atomic mass is 9.43. The Balaban J connectivity index is 1.39. The average Bonchev–Trinajstić information content (AvgIpc) is 3.06. The quantitative estimate of drug-likeness (QED) is 0.134. The second-order valence-electron chi connectivity index (χ2n) is 14.8. The fourth-order valence-electron chi connectivity index (χ4n) is 9.26. The van der Waals surface area contributed by atoms with Gasteiger partial charge in [0.1, 0.15) is 23.9 Å². The monoisotopic (exact) mass is 679 g/mol. The van der Waals surface area contributed by atoms with E-state index in [1.807, 2.05) is 36.4 Å². The number of hydrogen-bond acceptors (Lipinski definition) is 10. The summed E-state index contributed by atoms with van der Waals surface area (Å²) in [6.07, 6.45) is -6.73. The maximum atomic E-state index is 14.3. The first-order valence-electron chi connectivity index (χ1n) is 16.5. The van der Waals surface area contributed by atoms with Gasteiger partial charge in [-0.3, -0.25) is 9.79 Å². The lowest BCUT2D eigenvalue weighted by molar-refractivity contribution is -0.335. The number of ether oxygens (including phenoxy) is 2. The summed E-state index contributed by atoms with van der Waals surface area (Å²) in [5, 5.41) is 59.4. The highest BCUT2D eigenvalue weighted by molar-refractivity contribution is 7.42. The van der Waals surface area contributed by atoms with Gasteiger partial charge in [-0.15, -0.1) is 0 Å². The van der Waals surface area contributed by atoms with E-state index in [2.05, 4.69) is 9.24 Å². The van der Waals surface area contributed by atoms with Crippen LogP contribution in [0.2, 0.25) is 0 Å². The van der Waals surface area contributed by atoms with E-state index in [0.717, 1.165) is 5.56 Å². The van der Waals surface area contributed by atoms with Crippen molar-refractivity contribution in [2.45, 2.75) is 95.2 Å².